The van der Waals surface area contributed by atoms with Crippen LogP contribution in [0.3, 0.4) is 0 Å². The lowest BCUT2D eigenvalue weighted by atomic mass is 10.1. The molecule has 0 fully saturated rings. The largest absolute Gasteiger partial charge is 0.469 e. The van der Waals surface area contributed by atoms with Crippen LogP contribution < -0.4 is 5.48 Å². The minimum Gasteiger partial charge on any atom is -0.469 e. The third kappa shape index (κ3) is 5.79. The van der Waals surface area contributed by atoms with E-state index in [4.69, 9.17) is 9.25 Å². The van der Waals surface area contributed by atoms with Crippen molar-refractivity contribution in [1.82, 2.24) is 5.48 Å². The van der Waals surface area contributed by atoms with Gasteiger partial charge < -0.3 is 4.42 Å². The van der Waals surface area contributed by atoms with Gasteiger partial charge in [0, 0.05) is 12.8 Å². The predicted molar refractivity (Wildman–Crippen MR) is 75.8 cm³/mol. The molecule has 0 atom stereocenters. The normalized spacial score (nSPS) is 10.5. The van der Waals surface area contributed by atoms with Crippen molar-refractivity contribution in [1.29, 1.82) is 0 Å². The standard InChI is InChI=1S/C16H18FNO3/c17-14-8-5-13(6-9-14)7-10-16(19)18-21-12-2-4-15-3-1-11-20-15/h1,3,5-6,8-9,11H,2,4,7,10,12H2,(H,18,19). The Morgan fingerprint density at radius 3 is 2.71 bits per heavy atom. The van der Waals surface area contributed by atoms with Crippen molar-refractivity contribution in [3.8, 4) is 0 Å². The summed E-state index contributed by atoms with van der Waals surface area (Å²) in [7, 11) is 0. The van der Waals surface area contributed by atoms with Crippen LogP contribution in [0, 0.1) is 5.82 Å². The van der Waals surface area contributed by atoms with E-state index in [2.05, 4.69) is 5.48 Å². The first-order valence-electron chi connectivity index (χ1n) is 6.91. The van der Waals surface area contributed by atoms with Gasteiger partial charge >= 0.3 is 0 Å². The summed E-state index contributed by atoms with van der Waals surface area (Å²) in [5.41, 5.74) is 3.32. The monoisotopic (exact) mass is 291 g/mol. The zero-order valence-corrected chi connectivity index (χ0v) is 11.7. The molecule has 2 rings (SSSR count). The lowest BCUT2D eigenvalue weighted by Gasteiger charge is -2.05. The first-order chi connectivity index (χ1) is 10.2. The van der Waals surface area contributed by atoms with Gasteiger partial charge in [0.1, 0.15) is 11.6 Å². The topological polar surface area (TPSA) is 51.5 Å². The van der Waals surface area contributed by atoms with Gasteiger partial charge in [-0.15, -0.1) is 0 Å². The molecule has 0 spiro atoms. The van der Waals surface area contributed by atoms with Crippen LogP contribution in [0.2, 0.25) is 0 Å². The van der Waals surface area contributed by atoms with Gasteiger partial charge in [0.25, 0.3) is 0 Å². The SMILES string of the molecule is O=C(CCc1ccc(F)cc1)NOCCCc1ccco1. The van der Waals surface area contributed by atoms with Crippen molar-refractivity contribution in [3.05, 3.63) is 59.8 Å². The average molecular weight is 291 g/mol. The molecule has 0 bridgehead atoms. The van der Waals surface area contributed by atoms with Crippen LogP contribution in [0.5, 0.6) is 0 Å². The molecule has 1 heterocycles. The van der Waals surface area contributed by atoms with Crippen molar-refractivity contribution >= 4 is 5.91 Å². The molecule has 0 aliphatic heterocycles. The van der Waals surface area contributed by atoms with Crippen LogP contribution in [0.25, 0.3) is 0 Å². The van der Waals surface area contributed by atoms with Gasteiger partial charge in [-0.3, -0.25) is 9.63 Å². The van der Waals surface area contributed by atoms with Crippen molar-refractivity contribution in [2.24, 2.45) is 0 Å². The molecule has 4 nitrogen and oxygen atoms in total. The van der Waals surface area contributed by atoms with Crippen LogP contribution in [0.1, 0.15) is 24.2 Å². The summed E-state index contributed by atoms with van der Waals surface area (Å²) < 4.78 is 17.9. The molecule has 21 heavy (non-hydrogen) atoms. The van der Waals surface area contributed by atoms with E-state index in [-0.39, 0.29) is 11.7 Å². The first kappa shape index (κ1) is 15.3. The number of hydrogen-bond donors (Lipinski definition) is 1. The van der Waals surface area contributed by atoms with E-state index >= 15 is 0 Å². The molecule has 0 aliphatic rings. The lowest BCUT2D eigenvalue weighted by molar-refractivity contribution is -0.133. The highest BCUT2D eigenvalue weighted by molar-refractivity contribution is 5.75. The summed E-state index contributed by atoms with van der Waals surface area (Å²) in [6, 6.07) is 9.87. The Kier molecular flexibility index (Phi) is 5.97. The minimum atomic E-state index is -0.275. The fourth-order valence-electron chi connectivity index (χ4n) is 1.86. The maximum Gasteiger partial charge on any atom is 0.243 e. The summed E-state index contributed by atoms with van der Waals surface area (Å²) in [6.07, 6.45) is 4.04. The molecule has 1 aromatic heterocycles. The van der Waals surface area contributed by atoms with Crippen molar-refractivity contribution in [2.75, 3.05) is 6.61 Å². The van der Waals surface area contributed by atoms with Crippen LogP contribution in [-0.2, 0) is 22.5 Å². The van der Waals surface area contributed by atoms with Gasteiger partial charge in [-0.2, -0.15) is 0 Å². The number of aryl methyl sites for hydroxylation is 2. The van der Waals surface area contributed by atoms with Gasteiger partial charge in [0.2, 0.25) is 5.91 Å². The summed E-state index contributed by atoms with van der Waals surface area (Å²) in [6.45, 7) is 0.434. The number of furan rings is 1. The Morgan fingerprint density at radius 2 is 2.00 bits per heavy atom. The summed E-state index contributed by atoms with van der Waals surface area (Å²) in [4.78, 5) is 16.6. The first-order valence-corrected chi connectivity index (χ1v) is 6.91. The fourth-order valence-corrected chi connectivity index (χ4v) is 1.86. The van der Waals surface area contributed by atoms with Crippen LogP contribution in [-0.4, -0.2) is 12.5 Å². The molecule has 1 N–H and O–H groups in total. The highest BCUT2D eigenvalue weighted by Gasteiger charge is 2.03. The third-order valence-corrected chi connectivity index (χ3v) is 2.99. The molecule has 1 aromatic carbocycles. The summed E-state index contributed by atoms with van der Waals surface area (Å²) in [5, 5.41) is 0. The van der Waals surface area contributed by atoms with Crippen molar-refractivity contribution in [2.45, 2.75) is 25.7 Å². The molecule has 0 radical (unpaired) electrons. The van der Waals surface area contributed by atoms with E-state index in [0.717, 1.165) is 24.2 Å². The van der Waals surface area contributed by atoms with Gasteiger partial charge in [0.15, 0.2) is 0 Å². The number of nitrogens with one attached hydrogen (secondary N) is 1. The van der Waals surface area contributed by atoms with E-state index in [1.54, 1.807) is 18.4 Å². The van der Waals surface area contributed by atoms with E-state index in [9.17, 15) is 9.18 Å². The quantitative estimate of drug-likeness (QED) is 0.601. The second-order valence-electron chi connectivity index (χ2n) is 4.68. The molecular weight excluding hydrogens is 273 g/mol. The smallest absolute Gasteiger partial charge is 0.243 e. The molecule has 1 amide bonds. The van der Waals surface area contributed by atoms with Crippen LogP contribution >= 0.6 is 0 Å². The number of carbonyl (C=O) groups excluding carboxylic acids is 1. The maximum atomic E-state index is 12.7. The fraction of sp³-hybridized carbons (Fsp3) is 0.312. The van der Waals surface area contributed by atoms with E-state index in [0.29, 0.717) is 19.4 Å². The zero-order valence-electron chi connectivity index (χ0n) is 11.7. The average Bonchev–Trinajstić information content (AvgIpc) is 2.99. The minimum absolute atomic E-state index is 0.183. The molecule has 112 valence electrons. The Bertz CT molecular complexity index is 537. The number of carbonyl (C=O) groups is 1. The van der Waals surface area contributed by atoms with E-state index in [1.165, 1.54) is 12.1 Å². The zero-order chi connectivity index (χ0) is 14.9. The van der Waals surface area contributed by atoms with Gasteiger partial charge in [-0.05, 0) is 42.7 Å². The molecule has 0 aliphatic carbocycles. The van der Waals surface area contributed by atoms with Gasteiger partial charge in [-0.1, -0.05) is 12.1 Å². The Labute approximate surface area is 122 Å². The molecule has 0 saturated carbocycles. The van der Waals surface area contributed by atoms with E-state index in [1.807, 2.05) is 12.1 Å². The van der Waals surface area contributed by atoms with Gasteiger partial charge in [-0.25, -0.2) is 9.87 Å². The molecular formula is C16H18FNO3. The number of benzene rings is 1. The number of halogens is 1. The Hall–Kier alpha value is -2.14. The molecule has 2 aromatic rings. The van der Waals surface area contributed by atoms with Gasteiger partial charge in [0.05, 0.1) is 12.9 Å². The molecule has 0 saturated heterocycles. The summed E-state index contributed by atoms with van der Waals surface area (Å²) in [5.74, 6) is 0.446. The molecule has 5 heteroatoms. The second kappa shape index (κ2) is 8.21. The van der Waals surface area contributed by atoms with Crippen LogP contribution in [0.15, 0.2) is 47.1 Å². The summed E-state index contributed by atoms with van der Waals surface area (Å²) >= 11 is 0. The third-order valence-electron chi connectivity index (χ3n) is 2.99. The number of rotatable bonds is 8. The predicted octanol–water partition coefficient (Wildman–Crippen LogP) is 3.03. The number of amides is 1. The highest BCUT2D eigenvalue weighted by atomic mass is 19.1. The highest BCUT2D eigenvalue weighted by Crippen LogP contribution is 2.05. The second-order valence-corrected chi connectivity index (χ2v) is 4.68. The molecule has 0 unspecified atom stereocenters. The number of hydroxylamine groups is 1. The lowest BCUT2D eigenvalue weighted by Crippen LogP contribution is -2.24. The van der Waals surface area contributed by atoms with E-state index < -0.39 is 0 Å². The Balaban J connectivity index is 1.54. The van der Waals surface area contributed by atoms with Crippen LogP contribution in [0.4, 0.5) is 4.39 Å². The number of hydrogen-bond acceptors (Lipinski definition) is 3. The Morgan fingerprint density at radius 1 is 1.19 bits per heavy atom. The van der Waals surface area contributed by atoms with Crippen molar-refractivity contribution in [3.63, 3.8) is 0 Å². The van der Waals surface area contributed by atoms with Crippen molar-refractivity contribution < 1.29 is 18.4 Å². The maximum absolute atomic E-state index is 12.7.